The van der Waals surface area contributed by atoms with Crippen molar-refractivity contribution in [2.75, 3.05) is 5.75 Å². The van der Waals surface area contributed by atoms with Gasteiger partial charge in [-0.3, -0.25) is 4.79 Å². The van der Waals surface area contributed by atoms with Crippen LogP contribution in [0.2, 0.25) is 0 Å². The zero-order valence-corrected chi connectivity index (χ0v) is 11.9. The smallest absolute Gasteiger partial charge is 0.173 e. The summed E-state index contributed by atoms with van der Waals surface area (Å²) in [6.07, 6.45) is 0. The molecule has 3 nitrogen and oxygen atoms in total. The van der Waals surface area contributed by atoms with Gasteiger partial charge in [0.05, 0.1) is 16.8 Å². The molecule has 3 aromatic rings. The fourth-order valence-corrected chi connectivity index (χ4v) is 2.73. The SMILES string of the molecule is Cc1ccc(C(=O)CSc2nc3ccccc3[nH]2)cc1. The second-order valence-electron chi connectivity index (χ2n) is 4.64. The first-order valence-corrected chi connectivity index (χ1v) is 7.38. The number of para-hydroxylation sites is 2. The van der Waals surface area contributed by atoms with Gasteiger partial charge in [0, 0.05) is 5.56 Å². The molecule has 2 aromatic carbocycles. The molecule has 0 unspecified atom stereocenters. The van der Waals surface area contributed by atoms with E-state index in [4.69, 9.17) is 0 Å². The number of imidazole rings is 1. The van der Waals surface area contributed by atoms with Gasteiger partial charge in [0.25, 0.3) is 0 Å². The van der Waals surface area contributed by atoms with Crippen LogP contribution in [-0.4, -0.2) is 21.5 Å². The molecule has 0 aliphatic heterocycles. The normalized spacial score (nSPS) is 10.8. The van der Waals surface area contributed by atoms with E-state index < -0.39 is 0 Å². The molecule has 20 heavy (non-hydrogen) atoms. The maximum Gasteiger partial charge on any atom is 0.173 e. The number of H-pyrrole nitrogens is 1. The highest BCUT2D eigenvalue weighted by molar-refractivity contribution is 7.99. The molecule has 1 aromatic heterocycles. The third kappa shape index (κ3) is 2.75. The summed E-state index contributed by atoms with van der Waals surface area (Å²) in [5.41, 5.74) is 3.83. The van der Waals surface area contributed by atoms with Crippen molar-refractivity contribution in [3.63, 3.8) is 0 Å². The summed E-state index contributed by atoms with van der Waals surface area (Å²) in [5.74, 6) is 0.513. The molecule has 100 valence electrons. The van der Waals surface area contributed by atoms with Crippen LogP contribution in [0.25, 0.3) is 11.0 Å². The number of nitrogens with zero attached hydrogens (tertiary/aromatic N) is 1. The zero-order chi connectivity index (χ0) is 13.9. The Bertz CT molecular complexity index is 714. The van der Waals surface area contributed by atoms with Crippen LogP contribution in [0.5, 0.6) is 0 Å². The number of rotatable bonds is 4. The molecule has 3 rings (SSSR count). The highest BCUT2D eigenvalue weighted by Crippen LogP contribution is 2.20. The van der Waals surface area contributed by atoms with Gasteiger partial charge >= 0.3 is 0 Å². The minimum atomic E-state index is 0.121. The van der Waals surface area contributed by atoms with Crippen LogP contribution in [0.4, 0.5) is 0 Å². The van der Waals surface area contributed by atoms with E-state index in [1.807, 2.05) is 55.5 Å². The lowest BCUT2D eigenvalue weighted by molar-refractivity contribution is 0.102. The number of Topliss-reactive ketones (excluding diaryl/α,β-unsaturated/α-hetero) is 1. The predicted molar refractivity (Wildman–Crippen MR) is 82.3 cm³/mol. The predicted octanol–water partition coefficient (Wildman–Crippen LogP) is 3.85. The summed E-state index contributed by atoms with van der Waals surface area (Å²) in [6, 6.07) is 15.5. The lowest BCUT2D eigenvalue weighted by atomic mass is 10.1. The molecule has 4 heteroatoms. The maximum atomic E-state index is 12.1. The summed E-state index contributed by atoms with van der Waals surface area (Å²) in [6.45, 7) is 2.01. The largest absolute Gasteiger partial charge is 0.333 e. The van der Waals surface area contributed by atoms with E-state index in [0.717, 1.165) is 27.3 Å². The Morgan fingerprint density at radius 3 is 2.65 bits per heavy atom. The second-order valence-corrected chi connectivity index (χ2v) is 5.60. The number of hydrogen-bond acceptors (Lipinski definition) is 3. The maximum absolute atomic E-state index is 12.1. The first-order chi connectivity index (χ1) is 9.72. The Hall–Kier alpha value is -2.07. The van der Waals surface area contributed by atoms with Crippen LogP contribution in [0.15, 0.2) is 53.7 Å². The van der Waals surface area contributed by atoms with Crippen molar-refractivity contribution in [2.24, 2.45) is 0 Å². The molecule has 0 bridgehead atoms. The minimum Gasteiger partial charge on any atom is -0.333 e. The molecular weight excluding hydrogens is 268 g/mol. The fourth-order valence-electron chi connectivity index (χ4n) is 1.95. The van der Waals surface area contributed by atoms with E-state index in [0.29, 0.717) is 5.75 Å². The first-order valence-electron chi connectivity index (χ1n) is 6.40. The lowest BCUT2D eigenvalue weighted by Crippen LogP contribution is -2.02. The average molecular weight is 282 g/mol. The van der Waals surface area contributed by atoms with Crippen molar-refractivity contribution in [1.29, 1.82) is 0 Å². The number of hydrogen-bond donors (Lipinski definition) is 1. The second kappa shape index (κ2) is 5.51. The van der Waals surface area contributed by atoms with Gasteiger partial charge in [0.15, 0.2) is 10.9 Å². The molecule has 1 N–H and O–H groups in total. The Balaban J connectivity index is 1.69. The number of aryl methyl sites for hydroxylation is 1. The number of aromatic nitrogens is 2. The number of carbonyl (C=O) groups excluding carboxylic acids is 1. The van der Waals surface area contributed by atoms with Gasteiger partial charge in [-0.25, -0.2) is 4.98 Å². The van der Waals surface area contributed by atoms with Crippen LogP contribution in [-0.2, 0) is 0 Å². The molecule has 0 fully saturated rings. The zero-order valence-electron chi connectivity index (χ0n) is 11.1. The molecule has 0 saturated carbocycles. The number of ketones is 1. The van der Waals surface area contributed by atoms with Gasteiger partial charge in [-0.05, 0) is 19.1 Å². The summed E-state index contributed by atoms with van der Waals surface area (Å²) in [7, 11) is 0. The van der Waals surface area contributed by atoms with Crippen molar-refractivity contribution < 1.29 is 4.79 Å². The van der Waals surface area contributed by atoms with Gasteiger partial charge < -0.3 is 4.98 Å². The van der Waals surface area contributed by atoms with Crippen molar-refractivity contribution in [3.8, 4) is 0 Å². The Labute approximate surface area is 121 Å². The topological polar surface area (TPSA) is 45.8 Å². The molecule has 0 aliphatic carbocycles. The van der Waals surface area contributed by atoms with Gasteiger partial charge in [-0.2, -0.15) is 0 Å². The van der Waals surface area contributed by atoms with Crippen molar-refractivity contribution in [1.82, 2.24) is 9.97 Å². The Morgan fingerprint density at radius 2 is 1.90 bits per heavy atom. The number of benzene rings is 2. The molecule has 0 spiro atoms. The molecule has 0 amide bonds. The summed E-state index contributed by atoms with van der Waals surface area (Å²) < 4.78 is 0. The van der Waals surface area contributed by atoms with Gasteiger partial charge in [-0.15, -0.1) is 0 Å². The number of aromatic amines is 1. The molecule has 0 atom stereocenters. The standard InChI is InChI=1S/C16H14N2OS/c1-11-6-8-12(9-7-11)15(19)10-20-16-17-13-4-2-3-5-14(13)18-16/h2-9H,10H2,1H3,(H,17,18). The number of nitrogens with one attached hydrogen (secondary N) is 1. The van der Waals surface area contributed by atoms with Crippen LogP contribution in [0.1, 0.15) is 15.9 Å². The number of carbonyl (C=O) groups is 1. The Morgan fingerprint density at radius 1 is 1.15 bits per heavy atom. The van der Waals surface area contributed by atoms with E-state index in [-0.39, 0.29) is 5.78 Å². The van der Waals surface area contributed by atoms with Gasteiger partial charge in [0.1, 0.15) is 0 Å². The third-order valence-electron chi connectivity index (χ3n) is 3.08. The van der Waals surface area contributed by atoms with E-state index in [2.05, 4.69) is 9.97 Å². The van der Waals surface area contributed by atoms with E-state index >= 15 is 0 Å². The van der Waals surface area contributed by atoms with Crippen LogP contribution in [0.3, 0.4) is 0 Å². The van der Waals surface area contributed by atoms with E-state index in [1.54, 1.807) is 0 Å². The van der Waals surface area contributed by atoms with Crippen molar-refractivity contribution in [3.05, 3.63) is 59.7 Å². The molecule has 0 radical (unpaired) electrons. The third-order valence-corrected chi connectivity index (χ3v) is 3.95. The van der Waals surface area contributed by atoms with Crippen molar-refractivity contribution in [2.45, 2.75) is 12.1 Å². The van der Waals surface area contributed by atoms with Crippen LogP contribution >= 0.6 is 11.8 Å². The van der Waals surface area contributed by atoms with E-state index in [1.165, 1.54) is 11.8 Å². The quantitative estimate of drug-likeness (QED) is 0.584. The molecule has 1 heterocycles. The fraction of sp³-hybridized carbons (Fsp3) is 0.125. The highest BCUT2D eigenvalue weighted by atomic mass is 32.2. The lowest BCUT2D eigenvalue weighted by Gasteiger charge is -2.00. The number of thioether (sulfide) groups is 1. The highest BCUT2D eigenvalue weighted by Gasteiger charge is 2.08. The summed E-state index contributed by atoms with van der Waals surface area (Å²) in [4.78, 5) is 19.7. The van der Waals surface area contributed by atoms with Gasteiger partial charge in [-0.1, -0.05) is 53.7 Å². The molecule has 0 saturated heterocycles. The van der Waals surface area contributed by atoms with Crippen LogP contribution in [0, 0.1) is 6.92 Å². The molecule has 0 aliphatic rings. The summed E-state index contributed by atoms with van der Waals surface area (Å²) >= 11 is 1.44. The Kier molecular flexibility index (Phi) is 3.56. The number of fused-ring (bicyclic) bond motifs is 1. The average Bonchev–Trinajstić information content (AvgIpc) is 2.88. The van der Waals surface area contributed by atoms with Gasteiger partial charge in [0.2, 0.25) is 0 Å². The minimum absolute atomic E-state index is 0.121. The first kappa shape index (κ1) is 12.9. The van der Waals surface area contributed by atoms with E-state index in [9.17, 15) is 4.79 Å². The monoisotopic (exact) mass is 282 g/mol. The summed E-state index contributed by atoms with van der Waals surface area (Å²) in [5, 5.41) is 0.784. The molecular formula is C16H14N2OS. The van der Waals surface area contributed by atoms with Crippen molar-refractivity contribution >= 4 is 28.6 Å². The van der Waals surface area contributed by atoms with Crippen LogP contribution < -0.4 is 0 Å².